The molecule has 2 heterocycles. The maximum atomic E-state index is 14.0. The molecule has 2 atom stereocenters. The molecule has 2 unspecified atom stereocenters. The van der Waals surface area contributed by atoms with Crippen molar-refractivity contribution in [2.24, 2.45) is 4.99 Å². The van der Waals surface area contributed by atoms with Gasteiger partial charge >= 0.3 is 12.3 Å². The molecular formula is C25H44F2N3O2+. The molecule has 1 spiro atoms. The van der Waals surface area contributed by atoms with Gasteiger partial charge in [-0.15, -0.1) is 0 Å². The van der Waals surface area contributed by atoms with Gasteiger partial charge in [0, 0.05) is 26.9 Å². The SMILES string of the molecule is CCCCCCCCCC1(CCCCCCC)C[N+]12C(=O)/C(=C/ON(C)C)N=C2C(F)F. The number of quaternary nitrogens is 1. The molecule has 1 saturated heterocycles. The van der Waals surface area contributed by atoms with Crippen molar-refractivity contribution in [1.29, 1.82) is 0 Å². The molecule has 0 radical (unpaired) electrons. The fraction of sp³-hybridized carbons (Fsp3) is 0.840. The van der Waals surface area contributed by atoms with Crippen LogP contribution < -0.4 is 0 Å². The Hall–Kier alpha value is -1.34. The third kappa shape index (κ3) is 6.37. The van der Waals surface area contributed by atoms with Crippen molar-refractivity contribution in [3.05, 3.63) is 12.0 Å². The molecule has 0 aromatic heterocycles. The molecule has 0 saturated carbocycles. The van der Waals surface area contributed by atoms with E-state index in [-0.39, 0.29) is 21.9 Å². The van der Waals surface area contributed by atoms with Crippen LogP contribution in [0.2, 0.25) is 0 Å². The Labute approximate surface area is 193 Å². The Kier molecular flexibility index (Phi) is 10.7. The molecule has 5 nitrogen and oxygen atoms in total. The molecule has 184 valence electrons. The second kappa shape index (κ2) is 12.8. The van der Waals surface area contributed by atoms with Crippen LogP contribution in [0.5, 0.6) is 0 Å². The van der Waals surface area contributed by atoms with Gasteiger partial charge in [0.25, 0.3) is 5.84 Å². The summed E-state index contributed by atoms with van der Waals surface area (Å²) in [6.07, 6.45) is 14.0. The normalized spacial score (nSPS) is 26.1. The van der Waals surface area contributed by atoms with Crippen LogP contribution in [-0.2, 0) is 9.63 Å². The lowest BCUT2D eigenvalue weighted by atomic mass is 9.93. The molecule has 0 aromatic rings. The largest absolute Gasteiger partial charge is 0.412 e. The topological polar surface area (TPSA) is 41.9 Å². The van der Waals surface area contributed by atoms with E-state index in [0.29, 0.717) is 6.54 Å². The number of unbranched alkanes of at least 4 members (excludes halogenated alkanes) is 10. The van der Waals surface area contributed by atoms with Crippen molar-refractivity contribution in [2.75, 3.05) is 20.6 Å². The number of carbonyl (C=O) groups excluding carboxylic acids is 1. The Bertz CT molecular complexity index is 666. The van der Waals surface area contributed by atoms with E-state index in [1.807, 2.05) is 0 Å². The fourth-order valence-corrected chi connectivity index (χ4v) is 5.15. The van der Waals surface area contributed by atoms with Gasteiger partial charge in [0.05, 0.1) is 0 Å². The minimum absolute atomic E-state index is 0.0152. The molecule has 0 N–H and O–H groups in total. The number of hydrogen-bond acceptors (Lipinski definition) is 4. The van der Waals surface area contributed by atoms with Gasteiger partial charge in [-0.2, -0.15) is 23.3 Å². The van der Waals surface area contributed by atoms with Crippen LogP contribution in [0, 0.1) is 0 Å². The number of amides is 1. The molecular weight excluding hydrogens is 412 g/mol. The van der Waals surface area contributed by atoms with Crippen LogP contribution >= 0.6 is 0 Å². The molecule has 0 bridgehead atoms. The number of halogens is 2. The average molecular weight is 457 g/mol. The van der Waals surface area contributed by atoms with E-state index in [4.69, 9.17) is 4.84 Å². The van der Waals surface area contributed by atoms with E-state index < -0.39 is 12.0 Å². The van der Waals surface area contributed by atoms with E-state index in [0.717, 1.165) is 44.9 Å². The van der Waals surface area contributed by atoms with Crippen LogP contribution in [0.1, 0.15) is 104 Å². The second-order valence-corrected chi connectivity index (χ2v) is 9.72. The number of carbonyl (C=O) groups is 1. The van der Waals surface area contributed by atoms with Crippen molar-refractivity contribution in [1.82, 2.24) is 5.06 Å². The Morgan fingerprint density at radius 1 is 0.969 bits per heavy atom. The van der Waals surface area contributed by atoms with Gasteiger partial charge < -0.3 is 4.84 Å². The summed E-state index contributed by atoms with van der Waals surface area (Å²) in [5.74, 6) is -0.598. The summed E-state index contributed by atoms with van der Waals surface area (Å²) < 4.78 is 27.8. The number of alkyl halides is 2. The number of hydrogen-bond donors (Lipinski definition) is 0. The number of nitrogens with zero attached hydrogens (tertiary/aromatic N) is 3. The van der Waals surface area contributed by atoms with Gasteiger partial charge in [-0.1, -0.05) is 78.1 Å². The van der Waals surface area contributed by atoms with E-state index in [1.165, 1.54) is 56.3 Å². The molecule has 7 heteroatoms. The fourth-order valence-electron chi connectivity index (χ4n) is 5.15. The molecule has 2 rings (SSSR count). The van der Waals surface area contributed by atoms with Crippen LogP contribution in [0.15, 0.2) is 17.0 Å². The third-order valence-electron chi connectivity index (χ3n) is 6.99. The van der Waals surface area contributed by atoms with E-state index in [9.17, 15) is 13.6 Å². The van der Waals surface area contributed by atoms with Crippen LogP contribution in [-0.4, -0.2) is 53.9 Å². The molecule has 1 amide bonds. The van der Waals surface area contributed by atoms with Crippen molar-refractivity contribution < 1.29 is 22.9 Å². The van der Waals surface area contributed by atoms with Gasteiger partial charge in [-0.3, -0.25) is 0 Å². The van der Waals surface area contributed by atoms with Crippen LogP contribution in [0.4, 0.5) is 8.78 Å². The van der Waals surface area contributed by atoms with E-state index in [1.54, 1.807) is 14.1 Å². The highest BCUT2D eigenvalue weighted by molar-refractivity contribution is 6.06. The Morgan fingerprint density at radius 2 is 1.47 bits per heavy atom. The average Bonchev–Trinajstić information content (AvgIpc) is 3.31. The van der Waals surface area contributed by atoms with E-state index in [2.05, 4.69) is 18.8 Å². The van der Waals surface area contributed by atoms with Crippen LogP contribution in [0.3, 0.4) is 0 Å². The van der Waals surface area contributed by atoms with Crippen molar-refractivity contribution in [2.45, 2.75) is 116 Å². The third-order valence-corrected chi connectivity index (χ3v) is 6.99. The van der Waals surface area contributed by atoms with Gasteiger partial charge in [0.15, 0.2) is 5.54 Å². The lowest BCUT2D eigenvalue weighted by molar-refractivity contribution is -0.652. The quantitative estimate of drug-likeness (QED) is 0.0619. The maximum absolute atomic E-state index is 14.0. The molecule has 0 aromatic carbocycles. The standard InChI is InChI=1S/C25H44F2N3O2/c1-5-7-9-11-12-14-16-18-25(17-15-13-10-8-6-2)20-30(25)23(22(26)27)28-21(24(30)31)19-32-29(3)4/h19,22H,5-18,20H2,1-4H3/q+1/b21-19-. The zero-order chi connectivity index (χ0) is 23.6. The summed E-state index contributed by atoms with van der Waals surface area (Å²) in [6.45, 7) is 4.85. The molecule has 2 aliphatic heterocycles. The summed E-state index contributed by atoms with van der Waals surface area (Å²) >= 11 is 0. The zero-order valence-electron chi connectivity index (χ0n) is 20.7. The first-order chi connectivity index (χ1) is 15.3. The predicted molar refractivity (Wildman–Crippen MR) is 125 cm³/mol. The minimum Gasteiger partial charge on any atom is -0.412 e. The van der Waals surface area contributed by atoms with Crippen molar-refractivity contribution in [3.63, 3.8) is 0 Å². The highest BCUT2D eigenvalue weighted by Gasteiger charge is 2.79. The van der Waals surface area contributed by atoms with Crippen molar-refractivity contribution >= 4 is 11.7 Å². The van der Waals surface area contributed by atoms with Gasteiger partial charge in [-0.25, -0.2) is 4.79 Å². The molecule has 0 aliphatic carbocycles. The lowest BCUT2D eigenvalue weighted by Crippen LogP contribution is -2.46. The van der Waals surface area contributed by atoms with E-state index >= 15 is 0 Å². The summed E-state index contributed by atoms with van der Waals surface area (Å²) in [5, 5.41) is 1.42. The first kappa shape index (κ1) is 26.9. The number of amidine groups is 1. The zero-order valence-corrected chi connectivity index (χ0v) is 20.7. The van der Waals surface area contributed by atoms with Gasteiger partial charge in [0.1, 0.15) is 12.8 Å². The van der Waals surface area contributed by atoms with Crippen molar-refractivity contribution in [3.8, 4) is 0 Å². The summed E-state index contributed by atoms with van der Waals surface area (Å²) in [5.41, 5.74) is -0.406. The maximum Gasteiger partial charge on any atom is 0.374 e. The van der Waals surface area contributed by atoms with Gasteiger partial charge in [-0.05, 0) is 12.8 Å². The van der Waals surface area contributed by atoms with Gasteiger partial charge in [0.2, 0.25) is 5.70 Å². The molecule has 1 fully saturated rings. The highest BCUT2D eigenvalue weighted by Crippen LogP contribution is 2.55. The number of hydroxylamine groups is 2. The number of rotatable bonds is 17. The lowest BCUT2D eigenvalue weighted by Gasteiger charge is -2.21. The Balaban J connectivity index is 2.10. The summed E-state index contributed by atoms with van der Waals surface area (Å²) in [6, 6.07) is 0. The summed E-state index contributed by atoms with van der Waals surface area (Å²) in [4.78, 5) is 22.7. The Morgan fingerprint density at radius 3 is 1.94 bits per heavy atom. The highest BCUT2D eigenvalue weighted by atomic mass is 19.3. The molecule has 2 aliphatic rings. The monoisotopic (exact) mass is 456 g/mol. The van der Waals surface area contributed by atoms with Crippen LogP contribution in [0.25, 0.3) is 0 Å². The first-order valence-corrected chi connectivity index (χ1v) is 12.7. The minimum atomic E-state index is -2.74. The molecule has 32 heavy (non-hydrogen) atoms. The smallest absolute Gasteiger partial charge is 0.374 e. The first-order valence-electron chi connectivity index (χ1n) is 12.7. The number of aliphatic imine (C=N–C) groups is 1. The second-order valence-electron chi connectivity index (χ2n) is 9.72. The summed E-state index contributed by atoms with van der Waals surface area (Å²) in [7, 11) is 3.36. The predicted octanol–water partition coefficient (Wildman–Crippen LogP) is 6.60.